The average molecular weight is 351 g/mol. The smallest absolute Gasteiger partial charge is 0.265 e. The van der Waals surface area contributed by atoms with Crippen LogP contribution in [0.3, 0.4) is 0 Å². The number of hydrogen-bond donors (Lipinski definition) is 1. The standard InChI is InChI=1S/C20H21N3O3/c1-24-18-17(26-14-16-11-7-4-8-12-16)19(25-2)23-20(22-18)21-13-15-9-5-3-6-10-15/h3-12H,13-14H2,1-2H3,(H,21,22,23). The average Bonchev–Trinajstić information content (AvgIpc) is 2.72. The number of aromatic nitrogens is 2. The summed E-state index contributed by atoms with van der Waals surface area (Å²) in [7, 11) is 3.08. The fourth-order valence-electron chi connectivity index (χ4n) is 2.40. The van der Waals surface area contributed by atoms with Crippen LogP contribution in [0.5, 0.6) is 17.5 Å². The van der Waals surface area contributed by atoms with Crippen molar-refractivity contribution in [3.8, 4) is 17.5 Å². The van der Waals surface area contributed by atoms with E-state index in [4.69, 9.17) is 14.2 Å². The largest absolute Gasteiger partial charge is 0.479 e. The molecule has 0 amide bonds. The van der Waals surface area contributed by atoms with Gasteiger partial charge in [0, 0.05) is 6.54 Å². The predicted octanol–water partition coefficient (Wildman–Crippen LogP) is 3.68. The maximum Gasteiger partial charge on any atom is 0.265 e. The Morgan fingerprint density at radius 2 is 1.31 bits per heavy atom. The van der Waals surface area contributed by atoms with Crippen molar-refractivity contribution in [1.82, 2.24) is 9.97 Å². The molecular formula is C20H21N3O3. The molecule has 0 aliphatic carbocycles. The molecule has 0 unspecified atom stereocenters. The minimum absolute atomic E-state index is 0.323. The van der Waals surface area contributed by atoms with E-state index in [0.717, 1.165) is 11.1 Å². The molecule has 0 bridgehead atoms. The molecular weight excluding hydrogens is 330 g/mol. The molecule has 0 saturated carbocycles. The highest BCUT2D eigenvalue weighted by Gasteiger charge is 2.18. The van der Waals surface area contributed by atoms with E-state index in [1.807, 2.05) is 60.7 Å². The van der Waals surface area contributed by atoms with E-state index in [1.54, 1.807) is 0 Å². The van der Waals surface area contributed by atoms with Crippen LogP contribution in [0.2, 0.25) is 0 Å². The second-order valence-electron chi connectivity index (χ2n) is 5.51. The van der Waals surface area contributed by atoms with Crippen molar-refractivity contribution in [2.45, 2.75) is 13.2 Å². The lowest BCUT2D eigenvalue weighted by molar-refractivity contribution is 0.256. The molecule has 3 aromatic rings. The van der Waals surface area contributed by atoms with E-state index in [2.05, 4.69) is 15.3 Å². The molecule has 26 heavy (non-hydrogen) atoms. The molecule has 0 aliphatic heterocycles. The Balaban J connectivity index is 1.76. The summed E-state index contributed by atoms with van der Waals surface area (Å²) in [5.41, 5.74) is 2.15. The monoisotopic (exact) mass is 351 g/mol. The second-order valence-corrected chi connectivity index (χ2v) is 5.51. The third-order valence-corrected chi connectivity index (χ3v) is 3.71. The van der Waals surface area contributed by atoms with E-state index >= 15 is 0 Å². The van der Waals surface area contributed by atoms with E-state index in [-0.39, 0.29) is 0 Å². The molecule has 0 aliphatic rings. The lowest BCUT2D eigenvalue weighted by Crippen LogP contribution is -2.08. The van der Waals surface area contributed by atoms with Crippen LogP contribution in [-0.4, -0.2) is 24.2 Å². The lowest BCUT2D eigenvalue weighted by atomic mass is 10.2. The van der Waals surface area contributed by atoms with Crippen LogP contribution in [0, 0.1) is 0 Å². The minimum Gasteiger partial charge on any atom is -0.479 e. The number of ether oxygens (including phenoxy) is 3. The molecule has 1 aromatic heterocycles. The number of anilines is 1. The summed E-state index contributed by atoms with van der Waals surface area (Å²) in [5, 5.41) is 3.17. The summed E-state index contributed by atoms with van der Waals surface area (Å²) in [6, 6.07) is 19.8. The van der Waals surface area contributed by atoms with E-state index in [0.29, 0.717) is 36.6 Å². The van der Waals surface area contributed by atoms with Gasteiger partial charge in [0.25, 0.3) is 11.8 Å². The Morgan fingerprint density at radius 3 is 1.85 bits per heavy atom. The highest BCUT2D eigenvalue weighted by atomic mass is 16.5. The van der Waals surface area contributed by atoms with Gasteiger partial charge in [0.15, 0.2) is 0 Å². The first-order valence-corrected chi connectivity index (χ1v) is 8.24. The Hall–Kier alpha value is -3.28. The van der Waals surface area contributed by atoms with Crippen molar-refractivity contribution >= 4 is 5.95 Å². The summed E-state index contributed by atoms with van der Waals surface area (Å²) < 4.78 is 16.6. The van der Waals surface area contributed by atoms with Gasteiger partial charge >= 0.3 is 0 Å². The molecule has 0 fully saturated rings. The number of nitrogens with one attached hydrogen (secondary N) is 1. The second kappa shape index (κ2) is 8.71. The van der Waals surface area contributed by atoms with Crippen LogP contribution in [0.15, 0.2) is 60.7 Å². The third-order valence-electron chi connectivity index (χ3n) is 3.71. The summed E-state index contributed by atoms with van der Waals surface area (Å²) >= 11 is 0. The van der Waals surface area contributed by atoms with Gasteiger partial charge < -0.3 is 19.5 Å². The van der Waals surface area contributed by atoms with Crippen molar-refractivity contribution in [2.75, 3.05) is 19.5 Å². The zero-order valence-corrected chi connectivity index (χ0v) is 14.8. The van der Waals surface area contributed by atoms with Gasteiger partial charge in [0.2, 0.25) is 11.7 Å². The van der Waals surface area contributed by atoms with Crippen LogP contribution in [0.4, 0.5) is 5.95 Å². The number of methoxy groups -OCH3 is 2. The Labute approximate surface area is 152 Å². The van der Waals surface area contributed by atoms with Crippen LogP contribution in [-0.2, 0) is 13.2 Å². The quantitative estimate of drug-likeness (QED) is 0.668. The Morgan fingerprint density at radius 1 is 0.769 bits per heavy atom. The van der Waals surface area contributed by atoms with Crippen molar-refractivity contribution in [3.05, 3.63) is 71.8 Å². The molecule has 6 nitrogen and oxygen atoms in total. The van der Waals surface area contributed by atoms with Crippen molar-refractivity contribution in [1.29, 1.82) is 0 Å². The number of rotatable bonds is 8. The highest BCUT2D eigenvalue weighted by molar-refractivity contribution is 5.48. The molecule has 0 spiro atoms. The molecule has 3 rings (SSSR count). The van der Waals surface area contributed by atoms with Gasteiger partial charge in [-0.2, -0.15) is 9.97 Å². The van der Waals surface area contributed by atoms with Gasteiger partial charge in [0.05, 0.1) is 14.2 Å². The maximum absolute atomic E-state index is 5.85. The van der Waals surface area contributed by atoms with Crippen LogP contribution < -0.4 is 19.5 Å². The highest BCUT2D eigenvalue weighted by Crippen LogP contribution is 2.35. The van der Waals surface area contributed by atoms with Crippen LogP contribution >= 0.6 is 0 Å². The molecule has 1 N–H and O–H groups in total. The number of hydrogen-bond acceptors (Lipinski definition) is 6. The predicted molar refractivity (Wildman–Crippen MR) is 99.7 cm³/mol. The topological polar surface area (TPSA) is 65.5 Å². The normalized spacial score (nSPS) is 10.2. The van der Waals surface area contributed by atoms with Gasteiger partial charge in [-0.05, 0) is 11.1 Å². The first-order valence-electron chi connectivity index (χ1n) is 8.24. The van der Waals surface area contributed by atoms with Crippen LogP contribution in [0.1, 0.15) is 11.1 Å². The lowest BCUT2D eigenvalue weighted by Gasteiger charge is -2.14. The van der Waals surface area contributed by atoms with Crippen molar-refractivity contribution < 1.29 is 14.2 Å². The molecule has 0 saturated heterocycles. The molecule has 0 atom stereocenters. The summed E-state index contributed by atoms with van der Waals surface area (Å²) in [6.45, 7) is 0.963. The summed E-state index contributed by atoms with van der Waals surface area (Å²) in [6.07, 6.45) is 0. The fourth-order valence-corrected chi connectivity index (χ4v) is 2.40. The molecule has 2 aromatic carbocycles. The third kappa shape index (κ3) is 4.42. The van der Waals surface area contributed by atoms with Crippen LogP contribution in [0.25, 0.3) is 0 Å². The van der Waals surface area contributed by atoms with E-state index in [1.165, 1.54) is 14.2 Å². The molecule has 1 heterocycles. The maximum atomic E-state index is 5.85. The Bertz CT molecular complexity index is 801. The zero-order chi connectivity index (χ0) is 18.2. The van der Waals surface area contributed by atoms with Crippen molar-refractivity contribution in [3.63, 3.8) is 0 Å². The number of benzene rings is 2. The van der Waals surface area contributed by atoms with Gasteiger partial charge in [-0.3, -0.25) is 0 Å². The summed E-state index contributed by atoms with van der Waals surface area (Å²) in [4.78, 5) is 8.76. The first kappa shape index (κ1) is 17.5. The fraction of sp³-hybridized carbons (Fsp3) is 0.200. The van der Waals surface area contributed by atoms with E-state index < -0.39 is 0 Å². The van der Waals surface area contributed by atoms with Gasteiger partial charge in [0.1, 0.15) is 6.61 Å². The summed E-state index contributed by atoms with van der Waals surface area (Å²) in [5.74, 6) is 1.44. The number of nitrogens with zero attached hydrogens (tertiary/aromatic N) is 2. The van der Waals surface area contributed by atoms with Gasteiger partial charge in [-0.15, -0.1) is 0 Å². The Kier molecular flexibility index (Phi) is 5.88. The molecule has 134 valence electrons. The van der Waals surface area contributed by atoms with E-state index in [9.17, 15) is 0 Å². The molecule has 6 heteroatoms. The minimum atomic E-state index is 0.323. The van der Waals surface area contributed by atoms with Crippen molar-refractivity contribution in [2.24, 2.45) is 0 Å². The first-order chi connectivity index (χ1) is 12.8. The van der Waals surface area contributed by atoms with Gasteiger partial charge in [-0.1, -0.05) is 60.7 Å². The molecule has 0 radical (unpaired) electrons. The SMILES string of the molecule is COc1nc(NCc2ccccc2)nc(OC)c1OCc1ccccc1. The zero-order valence-electron chi connectivity index (χ0n) is 14.8. The van der Waals surface area contributed by atoms with Gasteiger partial charge in [-0.25, -0.2) is 0 Å².